The van der Waals surface area contributed by atoms with Crippen LogP contribution in [0.3, 0.4) is 0 Å². The quantitative estimate of drug-likeness (QED) is 0.496. The summed E-state index contributed by atoms with van der Waals surface area (Å²) >= 11 is 3.62. The number of hydrogen-bond donors (Lipinski definition) is 0. The van der Waals surface area contributed by atoms with Crippen molar-refractivity contribution >= 4 is 23.5 Å². The normalized spacial score (nSPS) is 16.2. The fourth-order valence-corrected chi connectivity index (χ4v) is 2.02. The minimum atomic E-state index is 1.13. The summed E-state index contributed by atoms with van der Waals surface area (Å²) in [6, 6.07) is 0. The molecule has 0 radical (unpaired) electrons. The molecule has 50 valence electrons. The molecule has 0 amide bonds. The minimum Gasteiger partial charge on any atom is -0.123 e. The largest absolute Gasteiger partial charge is 0.123 e. The maximum Gasteiger partial charge on any atom is 0.0480 e. The van der Waals surface area contributed by atoms with E-state index in [4.69, 9.17) is 0 Å². The van der Waals surface area contributed by atoms with E-state index in [1.165, 1.54) is 4.91 Å². The lowest BCUT2D eigenvalue weighted by Crippen LogP contribution is -1.73. The third-order valence-electron chi connectivity index (χ3n) is 0.663. The second-order valence-corrected chi connectivity index (χ2v) is 3.56. The average Bonchev–Trinajstić information content (AvgIpc) is 1.94. The van der Waals surface area contributed by atoms with Crippen LogP contribution < -0.4 is 0 Å². The SMILES string of the molecule is C=C.C=C1C=CSCS1. The molecule has 0 atom stereocenters. The summed E-state index contributed by atoms with van der Waals surface area (Å²) in [5, 5.41) is 3.22. The Balaban J connectivity index is 0.000000291. The Bertz CT molecular complexity index is 116. The molecule has 0 saturated heterocycles. The fourth-order valence-electron chi connectivity index (χ4n) is 0.321. The lowest BCUT2D eigenvalue weighted by atomic mass is 10.6. The predicted octanol–water partition coefficient (Wildman–Crippen LogP) is 3.25. The van der Waals surface area contributed by atoms with Gasteiger partial charge >= 0.3 is 0 Å². The van der Waals surface area contributed by atoms with Gasteiger partial charge in [-0.15, -0.1) is 36.7 Å². The van der Waals surface area contributed by atoms with Crippen LogP contribution in [0.25, 0.3) is 0 Å². The van der Waals surface area contributed by atoms with E-state index in [0.29, 0.717) is 0 Å². The van der Waals surface area contributed by atoms with Crippen molar-refractivity contribution in [2.24, 2.45) is 0 Å². The standard InChI is InChI=1S/C5H6S2.C2H4/c1-5-2-3-6-4-7-5;1-2/h2-3H,1,4H2;1-2H2. The summed E-state index contributed by atoms with van der Waals surface area (Å²) in [6.07, 6.45) is 2.04. The highest BCUT2D eigenvalue weighted by Gasteiger charge is 1.93. The predicted molar refractivity (Wildman–Crippen MR) is 49.6 cm³/mol. The van der Waals surface area contributed by atoms with Gasteiger partial charge in [0.1, 0.15) is 0 Å². The topological polar surface area (TPSA) is 0 Å². The van der Waals surface area contributed by atoms with Crippen LogP contribution in [0.15, 0.2) is 36.1 Å². The minimum absolute atomic E-state index is 1.13. The molecule has 0 fully saturated rings. The van der Waals surface area contributed by atoms with Crippen LogP contribution >= 0.6 is 23.5 Å². The zero-order valence-corrected chi connectivity index (χ0v) is 6.93. The lowest BCUT2D eigenvalue weighted by molar-refractivity contribution is 1.98. The third-order valence-corrected chi connectivity index (χ3v) is 2.51. The highest BCUT2D eigenvalue weighted by molar-refractivity contribution is 8.19. The summed E-state index contributed by atoms with van der Waals surface area (Å²) in [6.45, 7) is 9.78. The molecule has 1 aliphatic heterocycles. The van der Waals surface area contributed by atoms with Gasteiger partial charge in [-0.1, -0.05) is 6.58 Å². The van der Waals surface area contributed by atoms with Crippen molar-refractivity contribution in [2.75, 3.05) is 5.08 Å². The molecule has 0 aromatic rings. The third kappa shape index (κ3) is 4.43. The second kappa shape index (κ2) is 6.05. The molecule has 1 rings (SSSR count). The van der Waals surface area contributed by atoms with Crippen molar-refractivity contribution in [3.63, 3.8) is 0 Å². The number of allylic oxidation sites excluding steroid dienone is 1. The van der Waals surface area contributed by atoms with Gasteiger partial charge in [-0.2, -0.15) is 0 Å². The summed E-state index contributed by atoms with van der Waals surface area (Å²) in [5.74, 6) is 0. The van der Waals surface area contributed by atoms with Gasteiger partial charge in [-0.3, -0.25) is 0 Å². The van der Waals surface area contributed by atoms with Gasteiger partial charge in [-0.25, -0.2) is 0 Å². The van der Waals surface area contributed by atoms with Gasteiger partial charge < -0.3 is 0 Å². The van der Waals surface area contributed by atoms with Crippen molar-refractivity contribution < 1.29 is 0 Å². The first kappa shape index (κ1) is 8.92. The van der Waals surface area contributed by atoms with E-state index in [-0.39, 0.29) is 0 Å². The Hall–Kier alpha value is -0.0800. The molecule has 1 aliphatic rings. The molecule has 0 spiro atoms. The Morgan fingerprint density at radius 1 is 1.44 bits per heavy atom. The van der Waals surface area contributed by atoms with E-state index in [1.54, 1.807) is 11.8 Å². The van der Waals surface area contributed by atoms with Gasteiger partial charge in [0.05, 0.1) is 0 Å². The molecule has 0 aliphatic carbocycles. The van der Waals surface area contributed by atoms with Crippen LogP contribution in [0.4, 0.5) is 0 Å². The Morgan fingerprint density at radius 3 is 2.33 bits per heavy atom. The molecule has 0 saturated carbocycles. The fraction of sp³-hybridized carbons (Fsp3) is 0.143. The Morgan fingerprint density at radius 2 is 2.11 bits per heavy atom. The molecule has 0 nitrogen and oxygen atoms in total. The van der Waals surface area contributed by atoms with Crippen LogP contribution in [0.5, 0.6) is 0 Å². The highest BCUT2D eigenvalue weighted by atomic mass is 32.2. The van der Waals surface area contributed by atoms with Gasteiger partial charge in [0.15, 0.2) is 0 Å². The molecule has 1 heterocycles. The van der Waals surface area contributed by atoms with E-state index in [2.05, 4.69) is 25.1 Å². The van der Waals surface area contributed by atoms with Crippen molar-refractivity contribution in [1.82, 2.24) is 0 Å². The first-order chi connectivity index (χ1) is 4.39. The number of rotatable bonds is 0. The molecular weight excluding hydrogens is 148 g/mol. The number of hydrogen-bond acceptors (Lipinski definition) is 2. The maximum atomic E-state index is 3.78. The van der Waals surface area contributed by atoms with Crippen molar-refractivity contribution in [2.45, 2.75) is 0 Å². The van der Waals surface area contributed by atoms with Gasteiger partial charge in [-0.05, 0) is 11.5 Å². The molecule has 9 heavy (non-hydrogen) atoms. The summed E-state index contributed by atoms with van der Waals surface area (Å²) in [5.41, 5.74) is 0. The first-order valence-electron chi connectivity index (χ1n) is 2.49. The monoisotopic (exact) mass is 158 g/mol. The summed E-state index contributed by atoms with van der Waals surface area (Å²) < 4.78 is 0. The molecule has 0 unspecified atom stereocenters. The highest BCUT2D eigenvalue weighted by Crippen LogP contribution is 2.26. The summed E-state index contributed by atoms with van der Waals surface area (Å²) in [4.78, 5) is 1.18. The van der Waals surface area contributed by atoms with Crippen LogP contribution in [0, 0.1) is 0 Å². The molecule has 0 bridgehead atoms. The van der Waals surface area contributed by atoms with Crippen molar-refractivity contribution in [3.8, 4) is 0 Å². The molecular formula is C7H10S2. The van der Waals surface area contributed by atoms with E-state index in [1.807, 2.05) is 17.8 Å². The summed E-state index contributed by atoms with van der Waals surface area (Å²) in [7, 11) is 0. The first-order valence-corrected chi connectivity index (χ1v) is 4.53. The van der Waals surface area contributed by atoms with Gasteiger partial charge in [0, 0.05) is 9.99 Å². The lowest BCUT2D eigenvalue weighted by Gasteiger charge is -2.01. The molecule has 0 N–H and O–H groups in total. The van der Waals surface area contributed by atoms with E-state index >= 15 is 0 Å². The van der Waals surface area contributed by atoms with Crippen molar-refractivity contribution in [1.29, 1.82) is 0 Å². The van der Waals surface area contributed by atoms with Crippen molar-refractivity contribution in [3.05, 3.63) is 36.1 Å². The van der Waals surface area contributed by atoms with Crippen LogP contribution in [-0.4, -0.2) is 5.08 Å². The molecule has 2 heteroatoms. The zero-order valence-electron chi connectivity index (χ0n) is 5.30. The smallest absolute Gasteiger partial charge is 0.0480 e. The van der Waals surface area contributed by atoms with Crippen LogP contribution in [0.2, 0.25) is 0 Å². The number of thioether (sulfide) groups is 2. The van der Waals surface area contributed by atoms with Crippen LogP contribution in [-0.2, 0) is 0 Å². The average molecular weight is 158 g/mol. The van der Waals surface area contributed by atoms with E-state index < -0.39 is 0 Å². The molecule has 0 aromatic carbocycles. The zero-order chi connectivity index (χ0) is 7.11. The molecule has 0 aromatic heterocycles. The second-order valence-electron chi connectivity index (χ2n) is 1.20. The Labute approximate surface area is 65.1 Å². The van der Waals surface area contributed by atoms with Gasteiger partial charge in [0.2, 0.25) is 0 Å². The van der Waals surface area contributed by atoms with Crippen LogP contribution in [0.1, 0.15) is 0 Å². The van der Waals surface area contributed by atoms with Gasteiger partial charge in [0.25, 0.3) is 0 Å². The van der Waals surface area contributed by atoms with E-state index in [9.17, 15) is 0 Å². The maximum absolute atomic E-state index is 3.78. The van der Waals surface area contributed by atoms with E-state index in [0.717, 1.165) is 5.08 Å². The Kier molecular flexibility index (Phi) is 5.99.